The summed E-state index contributed by atoms with van der Waals surface area (Å²) < 4.78 is 25.0. The molecule has 200 valence electrons. The van der Waals surface area contributed by atoms with E-state index in [-0.39, 0.29) is 24.3 Å². The van der Waals surface area contributed by atoms with Crippen LogP contribution >= 0.6 is 11.3 Å². The highest BCUT2D eigenvalue weighted by Crippen LogP contribution is 2.37. The molecule has 5 aromatic rings. The first-order chi connectivity index (χ1) is 18.9. The third-order valence-electron chi connectivity index (χ3n) is 6.24. The van der Waals surface area contributed by atoms with E-state index in [0.717, 1.165) is 26.2 Å². The summed E-state index contributed by atoms with van der Waals surface area (Å²) >= 11 is 1.59. The van der Waals surface area contributed by atoms with E-state index in [2.05, 4.69) is 37.7 Å². The zero-order valence-corrected chi connectivity index (χ0v) is 22.6. The van der Waals surface area contributed by atoms with Crippen molar-refractivity contribution in [1.29, 1.82) is 0 Å². The number of ether oxygens (including phenoxy) is 2. The van der Waals surface area contributed by atoms with Gasteiger partial charge in [-0.1, -0.05) is 6.07 Å². The zero-order chi connectivity index (χ0) is 27.5. The maximum Gasteiger partial charge on any atom is 0.269 e. The highest BCUT2D eigenvalue weighted by atomic mass is 32.1. The van der Waals surface area contributed by atoms with Gasteiger partial charge < -0.3 is 20.1 Å². The number of nitrogens with zero attached hydrogens (tertiary/aromatic N) is 3. The van der Waals surface area contributed by atoms with E-state index in [1.54, 1.807) is 37.7 Å². The Morgan fingerprint density at radius 1 is 1.08 bits per heavy atom. The molecule has 9 nitrogen and oxygen atoms in total. The third kappa shape index (κ3) is 5.53. The van der Waals surface area contributed by atoms with Crippen LogP contribution in [0.2, 0.25) is 0 Å². The summed E-state index contributed by atoms with van der Waals surface area (Å²) in [4.78, 5) is 23.6. The van der Waals surface area contributed by atoms with Crippen molar-refractivity contribution in [1.82, 2.24) is 25.5 Å². The summed E-state index contributed by atoms with van der Waals surface area (Å²) in [5.74, 6) is 1.83. The van der Waals surface area contributed by atoms with Crippen LogP contribution < -0.4 is 20.1 Å². The number of carbonyl (C=O) groups excluding carboxylic acids is 1. The Labute approximate surface area is 228 Å². The molecular formula is C28H27FN6O3S. The van der Waals surface area contributed by atoms with Gasteiger partial charge in [0.05, 0.1) is 25.8 Å². The predicted octanol–water partition coefficient (Wildman–Crippen LogP) is 5.65. The monoisotopic (exact) mass is 546 g/mol. The van der Waals surface area contributed by atoms with Gasteiger partial charge in [-0.25, -0.2) is 14.4 Å². The van der Waals surface area contributed by atoms with Crippen LogP contribution in [0, 0.1) is 12.7 Å². The number of benzene rings is 2. The van der Waals surface area contributed by atoms with Gasteiger partial charge in [0.25, 0.3) is 5.91 Å². The Kier molecular flexibility index (Phi) is 7.42. The number of carbonyl (C=O) groups is 1. The molecule has 0 saturated heterocycles. The number of hydrogen-bond donors (Lipinski definition) is 3. The second-order valence-corrected chi connectivity index (χ2v) is 9.98. The van der Waals surface area contributed by atoms with E-state index in [1.807, 2.05) is 31.2 Å². The summed E-state index contributed by atoms with van der Waals surface area (Å²) in [5, 5.41) is 13.6. The lowest BCUT2D eigenvalue weighted by atomic mass is 10.1. The Morgan fingerprint density at radius 2 is 1.87 bits per heavy atom. The molecule has 1 amide bonds. The van der Waals surface area contributed by atoms with Crippen LogP contribution in [0.15, 0.2) is 54.7 Å². The average molecular weight is 547 g/mol. The standard InChI is InChI=1S/C28H27FN6O3S/c1-15(32-27-20-12-23(37-3)24(38-4)13-22(20)33-16(2)34-27)25-7-8-26(39-25)19-6-5-18(29)11-17(19)14-30-28(36)21-9-10-31-35-21/h5-13,15H,14H2,1-4H3,(H,30,36)(H,31,35)(H,32,33,34). The van der Waals surface area contributed by atoms with Gasteiger partial charge in [0, 0.05) is 33.9 Å². The molecule has 0 aliphatic rings. The largest absolute Gasteiger partial charge is 0.493 e. The summed E-state index contributed by atoms with van der Waals surface area (Å²) in [5.41, 5.74) is 2.62. The number of aryl methyl sites for hydroxylation is 1. The maximum absolute atomic E-state index is 14.1. The van der Waals surface area contributed by atoms with Gasteiger partial charge in [-0.15, -0.1) is 11.3 Å². The van der Waals surface area contributed by atoms with Gasteiger partial charge in [0.1, 0.15) is 23.2 Å². The number of aromatic amines is 1. The number of thiophene rings is 1. The van der Waals surface area contributed by atoms with Crippen LogP contribution in [0.4, 0.5) is 10.2 Å². The fourth-order valence-electron chi connectivity index (χ4n) is 4.29. The van der Waals surface area contributed by atoms with Crippen molar-refractivity contribution in [2.45, 2.75) is 26.4 Å². The van der Waals surface area contributed by atoms with Gasteiger partial charge in [-0.05, 0) is 61.4 Å². The summed E-state index contributed by atoms with van der Waals surface area (Å²) in [6.45, 7) is 4.07. The van der Waals surface area contributed by atoms with Gasteiger partial charge in [0.15, 0.2) is 11.5 Å². The Hall–Kier alpha value is -4.51. The Morgan fingerprint density at radius 3 is 2.62 bits per heavy atom. The first-order valence-corrected chi connectivity index (χ1v) is 13.0. The van der Waals surface area contributed by atoms with Crippen molar-refractivity contribution >= 4 is 34.0 Å². The van der Waals surface area contributed by atoms with Crippen molar-refractivity contribution in [3.63, 3.8) is 0 Å². The second-order valence-electron chi connectivity index (χ2n) is 8.87. The number of H-pyrrole nitrogens is 1. The smallest absolute Gasteiger partial charge is 0.269 e. The highest BCUT2D eigenvalue weighted by molar-refractivity contribution is 7.15. The number of nitrogens with one attached hydrogen (secondary N) is 3. The Balaban J connectivity index is 1.39. The predicted molar refractivity (Wildman–Crippen MR) is 149 cm³/mol. The lowest BCUT2D eigenvalue weighted by molar-refractivity contribution is 0.0946. The van der Waals surface area contributed by atoms with Crippen LogP contribution in [0.5, 0.6) is 11.5 Å². The molecule has 11 heteroatoms. The van der Waals surface area contributed by atoms with E-state index in [1.165, 1.54) is 18.3 Å². The molecule has 3 aromatic heterocycles. The maximum atomic E-state index is 14.1. The van der Waals surface area contributed by atoms with Crippen LogP contribution in [-0.4, -0.2) is 40.3 Å². The molecule has 1 unspecified atom stereocenters. The molecule has 3 heterocycles. The average Bonchev–Trinajstić information content (AvgIpc) is 3.64. The van der Waals surface area contributed by atoms with Crippen LogP contribution in [0.3, 0.4) is 0 Å². The molecule has 3 N–H and O–H groups in total. The normalized spacial score (nSPS) is 11.8. The van der Waals surface area contributed by atoms with Crippen LogP contribution in [0.25, 0.3) is 21.3 Å². The highest BCUT2D eigenvalue weighted by Gasteiger charge is 2.17. The third-order valence-corrected chi connectivity index (χ3v) is 7.54. The lowest BCUT2D eigenvalue weighted by Crippen LogP contribution is -2.23. The van der Waals surface area contributed by atoms with Crippen molar-refractivity contribution < 1.29 is 18.7 Å². The van der Waals surface area contributed by atoms with E-state index < -0.39 is 0 Å². The molecule has 0 radical (unpaired) electrons. The second kappa shape index (κ2) is 11.1. The fourth-order valence-corrected chi connectivity index (χ4v) is 5.36. The number of hydrogen-bond acceptors (Lipinski definition) is 8. The van der Waals surface area contributed by atoms with Crippen LogP contribution in [-0.2, 0) is 6.54 Å². The molecule has 0 aliphatic carbocycles. The van der Waals surface area contributed by atoms with Gasteiger partial charge in [0.2, 0.25) is 0 Å². The minimum absolute atomic E-state index is 0.0849. The van der Waals surface area contributed by atoms with E-state index in [0.29, 0.717) is 34.4 Å². The number of amides is 1. The SMILES string of the molecule is COc1cc2nc(C)nc(NC(C)c3ccc(-c4ccc(F)cc4CNC(=O)c4ccn[nH]4)s3)c2cc1OC. The number of methoxy groups -OCH3 is 2. The quantitative estimate of drug-likeness (QED) is 0.219. The van der Waals surface area contributed by atoms with E-state index in [9.17, 15) is 9.18 Å². The van der Waals surface area contributed by atoms with Crippen molar-refractivity contribution in [2.75, 3.05) is 19.5 Å². The number of anilines is 1. The molecule has 5 rings (SSSR count). The van der Waals surface area contributed by atoms with Gasteiger partial charge >= 0.3 is 0 Å². The number of halogens is 1. The minimum atomic E-state index is -0.366. The summed E-state index contributed by atoms with van der Waals surface area (Å²) in [6, 6.07) is 13.8. The first-order valence-electron chi connectivity index (χ1n) is 12.2. The number of aromatic nitrogens is 4. The van der Waals surface area contributed by atoms with Crippen molar-refractivity contribution in [3.05, 3.63) is 82.5 Å². The minimum Gasteiger partial charge on any atom is -0.493 e. The molecule has 1 atom stereocenters. The topological polar surface area (TPSA) is 114 Å². The van der Waals surface area contributed by atoms with Crippen LogP contribution in [0.1, 0.15) is 39.7 Å². The van der Waals surface area contributed by atoms with Gasteiger partial charge in [-0.3, -0.25) is 9.89 Å². The molecule has 0 bridgehead atoms. The van der Waals surface area contributed by atoms with Crippen molar-refractivity contribution in [2.24, 2.45) is 0 Å². The summed E-state index contributed by atoms with van der Waals surface area (Å²) in [6.07, 6.45) is 1.50. The molecule has 0 spiro atoms. The molecule has 0 aliphatic heterocycles. The van der Waals surface area contributed by atoms with E-state index in [4.69, 9.17) is 9.47 Å². The molecule has 0 saturated carbocycles. The molecular weight excluding hydrogens is 519 g/mol. The lowest BCUT2D eigenvalue weighted by Gasteiger charge is -2.17. The Bertz CT molecular complexity index is 1640. The van der Waals surface area contributed by atoms with E-state index >= 15 is 0 Å². The molecule has 0 fully saturated rings. The summed E-state index contributed by atoms with van der Waals surface area (Å²) in [7, 11) is 3.18. The zero-order valence-electron chi connectivity index (χ0n) is 21.8. The molecule has 39 heavy (non-hydrogen) atoms. The molecule has 2 aromatic carbocycles. The number of fused-ring (bicyclic) bond motifs is 1. The van der Waals surface area contributed by atoms with Gasteiger partial charge in [-0.2, -0.15) is 5.10 Å². The fraction of sp³-hybridized carbons (Fsp3) is 0.214. The first kappa shape index (κ1) is 26.1. The number of rotatable bonds is 9. The van der Waals surface area contributed by atoms with Crippen molar-refractivity contribution in [3.8, 4) is 21.9 Å².